The molecule has 140 valence electrons. The number of nitrogens with one attached hydrogen (secondary N) is 2. The molecule has 0 radical (unpaired) electrons. The van der Waals surface area contributed by atoms with E-state index in [1.807, 2.05) is 52.0 Å². The van der Waals surface area contributed by atoms with Crippen LogP contribution in [0.3, 0.4) is 0 Å². The summed E-state index contributed by atoms with van der Waals surface area (Å²) in [6.07, 6.45) is 0.294. The van der Waals surface area contributed by atoms with Gasteiger partial charge in [0.2, 0.25) is 0 Å². The van der Waals surface area contributed by atoms with E-state index in [4.69, 9.17) is 15.2 Å². The van der Waals surface area contributed by atoms with Gasteiger partial charge in [0.1, 0.15) is 5.60 Å². The van der Waals surface area contributed by atoms with Crippen LogP contribution in [0.1, 0.15) is 33.3 Å². The zero-order chi connectivity index (χ0) is 18.9. The SMILES string of the molecule is COCC(C)NC(N)=NCCc1ccc(NC(=O)OC(C)(C)C)cc1. The molecule has 0 heterocycles. The number of carbonyl (C=O) groups is 1. The van der Waals surface area contributed by atoms with E-state index in [-0.39, 0.29) is 6.04 Å². The van der Waals surface area contributed by atoms with Gasteiger partial charge in [-0.05, 0) is 51.8 Å². The predicted octanol–water partition coefficient (Wildman–Crippen LogP) is 2.52. The van der Waals surface area contributed by atoms with Crippen LogP contribution in [-0.2, 0) is 15.9 Å². The number of aliphatic imine (C=N–C) groups is 1. The molecule has 4 N–H and O–H groups in total. The molecule has 0 aromatic heterocycles. The summed E-state index contributed by atoms with van der Waals surface area (Å²) in [6.45, 7) is 8.61. The van der Waals surface area contributed by atoms with Crippen molar-refractivity contribution in [3.8, 4) is 0 Å². The zero-order valence-corrected chi connectivity index (χ0v) is 15.8. The average Bonchev–Trinajstić information content (AvgIpc) is 2.47. The van der Waals surface area contributed by atoms with Crippen LogP contribution in [-0.4, -0.2) is 44.0 Å². The number of amides is 1. The first kappa shape index (κ1) is 20.8. The van der Waals surface area contributed by atoms with Crippen molar-refractivity contribution in [2.75, 3.05) is 25.6 Å². The fourth-order valence-electron chi connectivity index (χ4n) is 2.07. The maximum atomic E-state index is 11.7. The fourth-order valence-corrected chi connectivity index (χ4v) is 2.07. The van der Waals surface area contributed by atoms with Crippen molar-refractivity contribution < 1.29 is 14.3 Å². The van der Waals surface area contributed by atoms with Crippen molar-refractivity contribution in [2.24, 2.45) is 10.7 Å². The third-order valence-electron chi connectivity index (χ3n) is 3.09. The number of nitrogens with zero attached hydrogens (tertiary/aromatic N) is 1. The molecule has 25 heavy (non-hydrogen) atoms. The molecule has 1 atom stereocenters. The minimum absolute atomic E-state index is 0.118. The highest BCUT2D eigenvalue weighted by atomic mass is 16.6. The lowest BCUT2D eigenvalue weighted by atomic mass is 10.1. The van der Waals surface area contributed by atoms with Crippen molar-refractivity contribution in [3.63, 3.8) is 0 Å². The fraction of sp³-hybridized carbons (Fsp3) is 0.556. The van der Waals surface area contributed by atoms with Gasteiger partial charge in [-0.2, -0.15) is 0 Å². The Morgan fingerprint density at radius 3 is 2.48 bits per heavy atom. The minimum atomic E-state index is -0.517. The van der Waals surface area contributed by atoms with Gasteiger partial charge in [0.05, 0.1) is 6.61 Å². The number of methoxy groups -OCH3 is 1. The summed E-state index contributed by atoms with van der Waals surface area (Å²) in [5.41, 5.74) is 7.10. The lowest BCUT2D eigenvalue weighted by Crippen LogP contribution is -2.40. The average molecular weight is 350 g/mol. The molecule has 0 aliphatic rings. The van der Waals surface area contributed by atoms with Crippen LogP contribution < -0.4 is 16.4 Å². The molecular formula is C18H30N4O3. The number of hydrogen-bond donors (Lipinski definition) is 3. The number of carbonyl (C=O) groups excluding carboxylic acids is 1. The molecule has 0 bridgehead atoms. The molecular weight excluding hydrogens is 320 g/mol. The molecule has 0 saturated heterocycles. The van der Waals surface area contributed by atoms with Crippen molar-refractivity contribution in [1.29, 1.82) is 0 Å². The Labute approximate surface area is 150 Å². The first-order valence-corrected chi connectivity index (χ1v) is 8.34. The number of ether oxygens (including phenoxy) is 2. The third kappa shape index (κ3) is 9.56. The van der Waals surface area contributed by atoms with Gasteiger partial charge in [-0.25, -0.2) is 4.79 Å². The van der Waals surface area contributed by atoms with Crippen molar-refractivity contribution in [2.45, 2.75) is 45.8 Å². The monoisotopic (exact) mass is 350 g/mol. The van der Waals surface area contributed by atoms with Crippen LogP contribution in [0.4, 0.5) is 10.5 Å². The second kappa shape index (κ2) is 9.88. The molecule has 0 aliphatic carbocycles. The quantitative estimate of drug-likeness (QED) is 0.518. The van der Waals surface area contributed by atoms with E-state index in [2.05, 4.69) is 15.6 Å². The minimum Gasteiger partial charge on any atom is -0.444 e. The van der Waals surface area contributed by atoms with Crippen molar-refractivity contribution >= 4 is 17.7 Å². The number of benzene rings is 1. The Morgan fingerprint density at radius 2 is 1.92 bits per heavy atom. The molecule has 0 fully saturated rings. The van der Waals surface area contributed by atoms with Gasteiger partial charge in [-0.15, -0.1) is 0 Å². The van der Waals surface area contributed by atoms with E-state index in [1.165, 1.54) is 0 Å². The number of anilines is 1. The number of rotatable bonds is 7. The number of nitrogens with two attached hydrogens (primary N) is 1. The van der Waals surface area contributed by atoms with Crippen molar-refractivity contribution in [3.05, 3.63) is 29.8 Å². The van der Waals surface area contributed by atoms with Gasteiger partial charge in [0, 0.05) is 25.4 Å². The Hall–Kier alpha value is -2.28. The summed E-state index contributed by atoms with van der Waals surface area (Å²) in [7, 11) is 1.65. The molecule has 7 heteroatoms. The maximum absolute atomic E-state index is 11.7. The topological polar surface area (TPSA) is 98.0 Å². The van der Waals surface area contributed by atoms with Crippen LogP contribution in [0.25, 0.3) is 0 Å². The second-order valence-electron chi connectivity index (χ2n) is 6.84. The molecule has 0 saturated carbocycles. The lowest BCUT2D eigenvalue weighted by molar-refractivity contribution is 0.0636. The molecule has 1 rings (SSSR count). The summed E-state index contributed by atoms with van der Waals surface area (Å²) < 4.78 is 10.2. The van der Waals surface area contributed by atoms with Crippen LogP contribution in [0.5, 0.6) is 0 Å². The molecule has 0 aliphatic heterocycles. The van der Waals surface area contributed by atoms with E-state index in [1.54, 1.807) is 7.11 Å². The zero-order valence-electron chi connectivity index (χ0n) is 15.8. The van der Waals surface area contributed by atoms with E-state index in [9.17, 15) is 4.79 Å². The second-order valence-corrected chi connectivity index (χ2v) is 6.84. The third-order valence-corrected chi connectivity index (χ3v) is 3.09. The van der Waals surface area contributed by atoms with Crippen LogP contribution in [0, 0.1) is 0 Å². The Kier molecular flexibility index (Phi) is 8.21. The highest BCUT2D eigenvalue weighted by Crippen LogP contribution is 2.13. The summed E-state index contributed by atoms with van der Waals surface area (Å²) in [5.74, 6) is 0.410. The normalized spacial score (nSPS) is 13.2. The van der Waals surface area contributed by atoms with Gasteiger partial charge < -0.3 is 20.5 Å². The standard InChI is InChI=1S/C18H30N4O3/c1-13(12-24-5)21-16(19)20-11-10-14-6-8-15(9-7-14)22-17(23)25-18(2,3)4/h6-9,13H,10-12H2,1-5H3,(H,22,23)(H3,19,20,21). The van der Waals surface area contributed by atoms with Crippen LogP contribution in [0.15, 0.2) is 29.3 Å². The van der Waals surface area contributed by atoms with Crippen LogP contribution in [0.2, 0.25) is 0 Å². The molecule has 1 amide bonds. The largest absolute Gasteiger partial charge is 0.444 e. The molecule has 0 spiro atoms. The summed E-state index contributed by atoms with van der Waals surface area (Å²) in [4.78, 5) is 16.0. The van der Waals surface area contributed by atoms with E-state index >= 15 is 0 Å². The predicted molar refractivity (Wildman–Crippen MR) is 101 cm³/mol. The van der Waals surface area contributed by atoms with Crippen LogP contribution >= 0.6 is 0 Å². The smallest absolute Gasteiger partial charge is 0.412 e. The highest BCUT2D eigenvalue weighted by molar-refractivity contribution is 5.84. The Balaban J connectivity index is 2.43. The number of guanidine groups is 1. The molecule has 1 unspecified atom stereocenters. The summed E-state index contributed by atoms with van der Waals surface area (Å²) >= 11 is 0. The molecule has 1 aromatic carbocycles. The van der Waals surface area contributed by atoms with E-state index in [0.717, 1.165) is 12.0 Å². The van der Waals surface area contributed by atoms with Gasteiger partial charge in [0.15, 0.2) is 5.96 Å². The maximum Gasteiger partial charge on any atom is 0.412 e. The van der Waals surface area contributed by atoms with Gasteiger partial charge in [-0.3, -0.25) is 10.3 Å². The Morgan fingerprint density at radius 1 is 1.28 bits per heavy atom. The van der Waals surface area contributed by atoms with Crippen molar-refractivity contribution in [1.82, 2.24) is 5.32 Å². The van der Waals surface area contributed by atoms with Gasteiger partial charge >= 0.3 is 6.09 Å². The van der Waals surface area contributed by atoms with E-state index in [0.29, 0.717) is 24.8 Å². The lowest BCUT2D eigenvalue weighted by Gasteiger charge is -2.19. The first-order valence-electron chi connectivity index (χ1n) is 8.34. The first-order chi connectivity index (χ1) is 11.7. The molecule has 1 aromatic rings. The number of hydrogen-bond acceptors (Lipinski definition) is 4. The molecule has 7 nitrogen and oxygen atoms in total. The summed E-state index contributed by atoms with van der Waals surface area (Å²) in [5, 5.41) is 5.76. The summed E-state index contributed by atoms with van der Waals surface area (Å²) in [6, 6.07) is 7.68. The van der Waals surface area contributed by atoms with E-state index < -0.39 is 11.7 Å². The Bertz CT molecular complexity index is 565. The van der Waals surface area contributed by atoms with Gasteiger partial charge in [0.25, 0.3) is 0 Å². The highest BCUT2D eigenvalue weighted by Gasteiger charge is 2.16. The van der Waals surface area contributed by atoms with Gasteiger partial charge in [-0.1, -0.05) is 12.1 Å².